The Morgan fingerprint density at radius 3 is 2.10 bits per heavy atom. The Labute approximate surface area is 225 Å². The number of fused-ring (bicyclic) bond motifs is 1. The maximum Gasteiger partial charge on any atom is 0.407 e. The Bertz CT molecular complexity index is 1230. The van der Waals surface area contributed by atoms with Crippen LogP contribution >= 0.6 is 11.8 Å². The van der Waals surface area contributed by atoms with E-state index in [1.54, 1.807) is 12.1 Å². The Kier molecular flexibility index (Phi) is 8.63. The predicted octanol–water partition coefficient (Wildman–Crippen LogP) is 6.15. The van der Waals surface area contributed by atoms with Gasteiger partial charge in [0.2, 0.25) is 5.91 Å². The average molecular weight is 577 g/mol. The van der Waals surface area contributed by atoms with Gasteiger partial charge >= 0.3 is 18.3 Å². The fraction of sp³-hybridized carbons (Fsp3) is 0.423. The summed E-state index contributed by atoms with van der Waals surface area (Å²) in [5.41, 5.74) is -4.54. The first-order valence-corrected chi connectivity index (χ1v) is 12.9. The van der Waals surface area contributed by atoms with Gasteiger partial charge in [0, 0.05) is 24.1 Å². The number of amides is 2. The molecule has 0 radical (unpaired) electrons. The molecule has 2 aromatic carbocycles. The minimum absolute atomic E-state index is 0.0931. The molecule has 0 fully saturated rings. The molecule has 2 amide bonds. The highest BCUT2D eigenvalue weighted by Crippen LogP contribution is 2.54. The van der Waals surface area contributed by atoms with Gasteiger partial charge in [0.25, 0.3) is 5.91 Å². The highest BCUT2D eigenvalue weighted by atomic mass is 32.2. The molecule has 6 nitrogen and oxygen atoms in total. The molecule has 212 valence electrons. The maximum atomic E-state index is 14.0. The number of halogens is 6. The Morgan fingerprint density at radius 2 is 1.62 bits per heavy atom. The van der Waals surface area contributed by atoms with E-state index in [0.717, 1.165) is 22.6 Å². The van der Waals surface area contributed by atoms with Crippen molar-refractivity contribution in [3.05, 3.63) is 59.2 Å². The van der Waals surface area contributed by atoms with Crippen molar-refractivity contribution in [1.82, 2.24) is 4.90 Å². The number of carbonyl (C=O) groups excluding carboxylic acids is 3. The maximum absolute atomic E-state index is 14.0. The second-order valence-electron chi connectivity index (χ2n) is 9.30. The number of hydrogen-bond donors (Lipinski definition) is 1. The van der Waals surface area contributed by atoms with Crippen molar-refractivity contribution in [3.8, 4) is 0 Å². The van der Waals surface area contributed by atoms with Crippen molar-refractivity contribution in [1.29, 1.82) is 0 Å². The Balaban J connectivity index is 1.94. The number of hydrogen-bond acceptors (Lipinski definition) is 5. The average Bonchev–Trinajstić information content (AvgIpc) is 3.20. The fourth-order valence-corrected chi connectivity index (χ4v) is 4.96. The third-order valence-corrected chi connectivity index (χ3v) is 7.06. The quantitative estimate of drug-likeness (QED) is 0.243. The molecule has 0 saturated heterocycles. The van der Waals surface area contributed by atoms with Crippen LogP contribution in [0.3, 0.4) is 0 Å². The summed E-state index contributed by atoms with van der Waals surface area (Å²) in [5.74, 6) is -2.74. The SMILES string of the molecule is CSc1ccc2c(c1)CN(C(C)=O)C2C(=O)Nc1ccc(C(CC(=O)OC(C)C)(C(F)(F)F)C(F)(F)F)cc1. The number of nitrogens with one attached hydrogen (secondary N) is 1. The monoisotopic (exact) mass is 576 g/mol. The summed E-state index contributed by atoms with van der Waals surface area (Å²) in [4.78, 5) is 39.6. The van der Waals surface area contributed by atoms with E-state index in [1.807, 2.05) is 12.3 Å². The van der Waals surface area contributed by atoms with Crippen LogP contribution in [-0.4, -0.2) is 47.4 Å². The number of benzene rings is 2. The number of carbonyl (C=O) groups is 3. The lowest BCUT2D eigenvalue weighted by molar-refractivity contribution is -0.305. The lowest BCUT2D eigenvalue weighted by Gasteiger charge is -2.37. The van der Waals surface area contributed by atoms with E-state index >= 15 is 0 Å². The van der Waals surface area contributed by atoms with Gasteiger partial charge in [-0.1, -0.05) is 18.2 Å². The van der Waals surface area contributed by atoms with E-state index < -0.39 is 53.8 Å². The van der Waals surface area contributed by atoms with Gasteiger partial charge in [-0.3, -0.25) is 14.4 Å². The number of nitrogens with zero attached hydrogens (tertiary/aromatic N) is 1. The summed E-state index contributed by atoms with van der Waals surface area (Å²) in [6, 6.07) is 7.19. The number of alkyl halides is 6. The van der Waals surface area contributed by atoms with Gasteiger partial charge in [0.1, 0.15) is 6.04 Å². The molecule has 3 rings (SSSR count). The lowest BCUT2D eigenvalue weighted by atomic mass is 9.76. The van der Waals surface area contributed by atoms with Crippen molar-refractivity contribution < 1.29 is 45.5 Å². The van der Waals surface area contributed by atoms with Crippen molar-refractivity contribution in [2.75, 3.05) is 11.6 Å². The van der Waals surface area contributed by atoms with Crippen LogP contribution in [-0.2, 0) is 31.1 Å². The molecule has 0 bridgehead atoms. The highest BCUT2D eigenvalue weighted by Gasteiger charge is 2.72. The zero-order valence-electron chi connectivity index (χ0n) is 21.4. The smallest absolute Gasteiger partial charge is 0.407 e. The molecule has 1 heterocycles. The first-order valence-electron chi connectivity index (χ1n) is 11.7. The van der Waals surface area contributed by atoms with E-state index in [1.165, 1.54) is 37.4 Å². The molecule has 1 atom stereocenters. The van der Waals surface area contributed by atoms with Crippen LogP contribution in [0.5, 0.6) is 0 Å². The molecule has 39 heavy (non-hydrogen) atoms. The molecule has 0 spiro atoms. The first-order chi connectivity index (χ1) is 18.0. The van der Waals surface area contributed by atoms with E-state index in [4.69, 9.17) is 0 Å². The molecule has 2 aromatic rings. The summed E-state index contributed by atoms with van der Waals surface area (Å²) in [5, 5.41) is 2.47. The second kappa shape index (κ2) is 11.1. The summed E-state index contributed by atoms with van der Waals surface area (Å²) in [6.45, 7) is 4.06. The van der Waals surface area contributed by atoms with Crippen LogP contribution in [0.2, 0.25) is 0 Å². The fourth-order valence-electron chi connectivity index (χ4n) is 4.49. The summed E-state index contributed by atoms with van der Waals surface area (Å²) < 4.78 is 88.9. The number of thioether (sulfide) groups is 1. The molecular weight excluding hydrogens is 550 g/mol. The van der Waals surface area contributed by atoms with Gasteiger partial charge in [-0.05, 0) is 61.1 Å². The lowest BCUT2D eigenvalue weighted by Crippen LogP contribution is -2.55. The van der Waals surface area contributed by atoms with E-state index in [2.05, 4.69) is 10.1 Å². The van der Waals surface area contributed by atoms with Gasteiger partial charge in [-0.15, -0.1) is 11.8 Å². The second-order valence-corrected chi connectivity index (χ2v) is 10.2. The van der Waals surface area contributed by atoms with Crippen molar-refractivity contribution in [2.24, 2.45) is 0 Å². The molecule has 0 aromatic heterocycles. The number of anilines is 1. The molecule has 13 heteroatoms. The zero-order valence-corrected chi connectivity index (χ0v) is 22.2. The molecule has 1 unspecified atom stereocenters. The standard InChI is InChI=1S/C26H26F6N2O4S/c1-14(2)38-21(36)12-24(25(27,28)29,26(30,31)32)17-5-7-18(8-6-17)33-23(37)22-20-10-9-19(39-4)11-16(20)13-34(22)15(3)35/h5-11,14,22H,12-13H2,1-4H3,(H,33,37). The zero-order chi connectivity index (χ0) is 29.3. The summed E-state index contributed by atoms with van der Waals surface area (Å²) in [6.07, 6.45) is -12.8. The van der Waals surface area contributed by atoms with Crippen LogP contribution in [0, 0.1) is 0 Å². The third kappa shape index (κ3) is 6.02. The molecule has 0 saturated carbocycles. The normalized spacial score (nSPS) is 15.8. The summed E-state index contributed by atoms with van der Waals surface area (Å²) >= 11 is 1.48. The van der Waals surface area contributed by atoms with E-state index in [0.29, 0.717) is 17.7 Å². The highest BCUT2D eigenvalue weighted by molar-refractivity contribution is 7.98. The van der Waals surface area contributed by atoms with Gasteiger partial charge in [0.05, 0.1) is 12.5 Å². The van der Waals surface area contributed by atoms with Crippen molar-refractivity contribution >= 4 is 35.2 Å². The minimum atomic E-state index is -5.89. The largest absolute Gasteiger partial charge is 0.463 e. The Hall–Kier alpha value is -3.22. The number of esters is 1. The first kappa shape index (κ1) is 30.3. The van der Waals surface area contributed by atoms with E-state index in [9.17, 15) is 40.7 Å². The van der Waals surface area contributed by atoms with Crippen LogP contribution in [0.1, 0.15) is 49.9 Å². The van der Waals surface area contributed by atoms with Crippen molar-refractivity contribution in [3.63, 3.8) is 0 Å². The molecular formula is C26H26F6N2O4S. The summed E-state index contributed by atoms with van der Waals surface area (Å²) in [7, 11) is 0. The predicted molar refractivity (Wildman–Crippen MR) is 132 cm³/mol. The number of ether oxygens (including phenoxy) is 1. The van der Waals surface area contributed by atoms with Gasteiger partial charge in [-0.2, -0.15) is 26.3 Å². The molecule has 0 aliphatic carbocycles. The van der Waals surface area contributed by atoms with E-state index in [-0.39, 0.29) is 18.1 Å². The van der Waals surface area contributed by atoms with Crippen LogP contribution in [0.15, 0.2) is 47.4 Å². The number of rotatable bonds is 7. The molecule has 1 aliphatic rings. The van der Waals surface area contributed by atoms with Gasteiger partial charge in [-0.25, -0.2) is 0 Å². The van der Waals surface area contributed by atoms with Gasteiger partial charge < -0.3 is 15.0 Å². The third-order valence-electron chi connectivity index (χ3n) is 6.34. The van der Waals surface area contributed by atoms with Crippen LogP contribution in [0.4, 0.5) is 32.0 Å². The van der Waals surface area contributed by atoms with Crippen LogP contribution < -0.4 is 5.32 Å². The van der Waals surface area contributed by atoms with Crippen molar-refractivity contribution in [2.45, 2.75) is 68.5 Å². The minimum Gasteiger partial charge on any atom is -0.463 e. The van der Waals surface area contributed by atoms with Gasteiger partial charge in [0.15, 0.2) is 5.41 Å². The topological polar surface area (TPSA) is 75.7 Å². The molecule has 1 N–H and O–H groups in total. The molecule has 1 aliphatic heterocycles. The Morgan fingerprint density at radius 1 is 1.03 bits per heavy atom. The van der Waals surface area contributed by atoms with Crippen LogP contribution in [0.25, 0.3) is 0 Å².